The Labute approximate surface area is 65.4 Å². The van der Waals surface area contributed by atoms with Crippen molar-refractivity contribution in [2.24, 2.45) is 5.14 Å². The lowest BCUT2D eigenvalue weighted by molar-refractivity contribution is 0.214. The van der Waals surface area contributed by atoms with Gasteiger partial charge in [-0.15, -0.1) is 0 Å². The van der Waals surface area contributed by atoms with Crippen LogP contribution >= 0.6 is 0 Å². The zero-order valence-corrected chi connectivity index (χ0v) is 7.45. The Morgan fingerprint density at radius 3 is 1.80 bits per heavy atom. The molecule has 0 aliphatic carbocycles. The van der Waals surface area contributed by atoms with Gasteiger partial charge in [-0.05, 0) is 0 Å². The summed E-state index contributed by atoms with van der Waals surface area (Å²) < 4.78 is 9.76. The highest BCUT2D eigenvalue weighted by atomic mass is 32.2. The number of methoxy groups -OCH3 is 2. The number of hydrogen-bond donors (Lipinski definition) is 1. The van der Waals surface area contributed by atoms with Crippen molar-refractivity contribution in [2.45, 2.75) is 0 Å². The van der Waals surface area contributed by atoms with Crippen LogP contribution in [0.25, 0.3) is 0 Å². The predicted octanol–water partition coefficient (Wildman–Crippen LogP) is -0.229. The van der Waals surface area contributed by atoms with Gasteiger partial charge in [0, 0.05) is 14.2 Å². The second-order valence-corrected chi connectivity index (χ2v) is 3.82. The Hall–Kier alpha value is 0.230. The van der Waals surface area contributed by atoms with Crippen LogP contribution in [0.5, 0.6) is 0 Å². The molecule has 3 nitrogen and oxygen atoms in total. The highest BCUT2D eigenvalue weighted by Gasteiger charge is 2.10. The van der Waals surface area contributed by atoms with E-state index in [2.05, 4.69) is 0 Å². The first-order valence-electron chi connectivity index (χ1n) is 3.21. The van der Waals surface area contributed by atoms with Crippen LogP contribution in [0.1, 0.15) is 0 Å². The van der Waals surface area contributed by atoms with Gasteiger partial charge in [-0.1, -0.05) is 0 Å². The van der Waals surface area contributed by atoms with Crippen LogP contribution in [0.4, 0.5) is 0 Å². The van der Waals surface area contributed by atoms with E-state index in [9.17, 15) is 0 Å². The van der Waals surface area contributed by atoms with Crippen LogP contribution < -0.4 is 5.14 Å². The molecule has 0 saturated carbocycles. The highest BCUT2D eigenvalue weighted by molar-refractivity contribution is 7.94. The van der Waals surface area contributed by atoms with E-state index in [1.807, 2.05) is 0 Å². The van der Waals surface area contributed by atoms with E-state index >= 15 is 0 Å². The van der Waals surface area contributed by atoms with E-state index in [1.165, 1.54) is 0 Å². The van der Waals surface area contributed by atoms with Gasteiger partial charge in [0.25, 0.3) is 0 Å². The second-order valence-electron chi connectivity index (χ2n) is 1.93. The smallest absolute Gasteiger partial charge is 0.150 e. The summed E-state index contributed by atoms with van der Waals surface area (Å²) in [5.41, 5.74) is 0. The fourth-order valence-corrected chi connectivity index (χ4v) is 1.45. The van der Waals surface area contributed by atoms with Crippen molar-refractivity contribution in [1.29, 1.82) is 0 Å². The largest absolute Gasteiger partial charge is 0.380 e. The van der Waals surface area contributed by atoms with Gasteiger partial charge < -0.3 is 9.47 Å². The minimum Gasteiger partial charge on any atom is -0.380 e. The van der Waals surface area contributed by atoms with Gasteiger partial charge in [0.15, 0.2) is 11.5 Å². The van der Waals surface area contributed by atoms with Gasteiger partial charge in [0.2, 0.25) is 0 Å². The van der Waals surface area contributed by atoms with Crippen molar-refractivity contribution < 1.29 is 9.47 Å². The average Bonchev–Trinajstić information content (AvgIpc) is 1.97. The summed E-state index contributed by atoms with van der Waals surface area (Å²) in [6.45, 7) is 1.51. The number of rotatable bonds is 6. The third-order valence-electron chi connectivity index (χ3n) is 1.10. The summed E-state index contributed by atoms with van der Waals surface area (Å²) in [5, 5.41) is 5.71. The molecule has 4 heteroatoms. The number of nitrogens with two attached hydrogens (primary N) is 1. The average molecular weight is 166 g/mol. The van der Waals surface area contributed by atoms with Crippen LogP contribution in [0.3, 0.4) is 0 Å². The molecule has 0 aliphatic heterocycles. The predicted molar refractivity (Wildman–Crippen MR) is 45.0 cm³/mol. The van der Waals surface area contributed by atoms with E-state index in [4.69, 9.17) is 14.6 Å². The molecular weight excluding hydrogens is 150 g/mol. The molecule has 0 aromatic carbocycles. The lowest BCUT2D eigenvalue weighted by atomic mass is 10.8. The maximum atomic E-state index is 5.71. The molecule has 62 valence electrons. The van der Waals surface area contributed by atoms with Gasteiger partial charge in [-0.25, -0.2) is 0 Å². The molecule has 0 atom stereocenters. The Morgan fingerprint density at radius 2 is 1.50 bits per heavy atom. The van der Waals surface area contributed by atoms with Crippen molar-refractivity contribution >= 4 is 11.1 Å². The van der Waals surface area contributed by atoms with Gasteiger partial charge in [0.1, 0.15) is 0 Å². The molecular formula is C6H16NO2S+. The van der Waals surface area contributed by atoms with Crippen molar-refractivity contribution in [1.82, 2.24) is 0 Å². The van der Waals surface area contributed by atoms with Gasteiger partial charge >= 0.3 is 0 Å². The zero-order valence-electron chi connectivity index (χ0n) is 6.63. The fourth-order valence-electron chi connectivity index (χ4n) is 0.483. The maximum absolute atomic E-state index is 5.71. The molecule has 0 saturated heterocycles. The molecule has 0 heterocycles. The highest BCUT2D eigenvalue weighted by Crippen LogP contribution is 1.86. The molecule has 0 bridgehead atoms. The molecule has 2 N–H and O–H groups in total. The third-order valence-corrected chi connectivity index (χ3v) is 2.48. The Kier molecular flexibility index (Phi) is 7.51. The molecule has 10 heavy (non-hydrogen) atoms. The minimum atomic E-state index is -0.0198. The third kappa shape index (κ3) is 6.35. The van der Waals surface area contributed by atoms with Gasteiger partial charge in [0.05, 0.1) is 24.3 Å². The monoisotopic (exact) mass is 166 g/mol. The van der Waals surface area contributed by atoms with Gasteiger partial charge in [-0.3, -0.25) is 0 Å². The molecule has 0 fully saturated rings. The lowest BCUT2D eigenvalue weighted by Gasteiger charge is -1.99. The van der Waals surface area contributed by atoms with Crippen LogP contribution in [0.15, 0.2) is 0 Å². The molecule has 0 amide bonds. The summed E-state index contributed by atoms with van der Waals surface area (Å²) in [6.07, 6.45) is 0. The van der Waals surface area contributed by atoms with Gasteiger partial charge in [-0.2, -0.15) is 5.14 Å². The normalized spacial score (nSPS) is 10.8. The summed E-state index contributed by atoms with van der Waals surface area (Å²) in [6, 6.07) is 0. The number of ether oxygens (including phenoxy) is 2. The summed E-state index contributed by atoms with van der Waals surface area (Å²) in [5.74, 6) is 1.89. The van der Waals surface area contributed by atoms with Crippen molar-refractivity contribution in [2.75, 3.05) is 38.9 Å². The quantitative estimate of drug-likeness (QED) is 0.554. The van der Waals surface area contributed by atoms with Crippen LogP contribution in [-0.4, -0.2) is 38.9 Å². The molecule has 0 aliphatic rings. The van der Waals surface area contributed by atoms with Crippen molar-refractivity contribution in [3.05, 3.63) is 0 Å². The van der Waals surface area contributed by atoms with E-state index in [1.54, 1.807) is 14.2 Å². The van der Waals surface area contributed by atoms with E-state index < -0.39 is 0 Å². The molecule has 0 aromatic rings. The first kappa shape index (κ1) is 10.2. The Balaban J connectivity index is 3.00. The van der Waals surface area contributed by atoms with E-state index in [0.29, 0.717) is 0 Å². The molecule has 0 rings (SSSR count). The van der Waals surface area contributed by atoms with Crippen LogP contribution in [-0.2, 0) is 20.6 Å². The lowest BCUT2D eigenvalue weighted by Crippen LogP contribution is -2.26. The topological polar surface area (TPSA) is 44.5 Å². The van der Waals surface area contributed by atoms with Crippen molar-refractivity contribution in [3.8, 4) is 0 Å². The molecule has 0 radical (unpaired) electrons. The van der Waals surface area contributed by atoms with Crippen LogP contribution in [0.2, 0.25) is 0 Å². The fraction of sp³-hybridized carbons (Fsp3) is 1.00. The second kappa shape index (κ2) is 7.34. The summed E-state index contributed by atoms with van der Waals surface area (Å²) in [4.78, 5) is 0. The zero-order chi connectivity index (χ0) is 7.82. The van der Waals surface area contributed by atoms with E-state index in [-0.39, 0.29) is 11.1 Å². The Bertz CT molecular complexity index is 64.8. The minimum absolute atomic E-state index is 0.0198. The van der Waals surface area contributed by atoms with Crippen LogP contribution in [0, 0.1) is 0 Å². The van der Waals surface area contributed by atoms with E-state index in [0.717, 1.165) is 24.7 Å². The Morgan fingerprint density at radius 1 is 1.10 bits per heavy atom. The first-order chi connectivity index (χ1) is 4.81. The molecule has 0 unspecified atom stereocenters. The molecule has 0 spiro atoms. The summed E-state index contributed by atoms with van der Waals surface area (Å²) in [7, 11) is 3.38. The number of hydrogen-bond acceptors (Lipinski definition) is 3. The first-order valence-corrected chi connectivity index (χ1v) is 4.83. The standard InChI is InChI=1S/C6H16NO2S/c1-8-3-5-10(7)6-4-9-2/h3-7H2,1-2H3/q+1. The summed E-state index contributed by atoms with van der Waals surface area (Å²) >= 11 is -0.0198. The maximum Gasteiger partial charge on any atom is 0.150 e. The van der Waals surface area contributed by atoms with Crippen molar-refractivity contribution in [3.63, 3.8) is 0 Å². The molecule has 0 aromatic heterocycles. The SMILES string of the molecule is COCC[S+](N)CCOC.